The van der Waals surface area contributed by atoms with E-state index in [4.69, 9.17) is 32.8 Å². The maximum Gasteiger partial charge on any atom is 0.374 e. The Labute approximate surface area is 770 Å². The number of hydrogen-bond donors (Lipinski definition) is 3. The number of aromatic amines is 2. The summed E-state index contributed by atoms with van der Waals surface area (Å²) in [6, 6.07) is 106. The molecule has 0 aliphatic heterocycles. The molecule has 0 radical (unpaired) electrons. The Hall–Kier alpha value is -17.0. The average molecular weight is 1770 g/mol. The minimum absolute atomic E-state index is 0.0691. The molecule has 7 aromatic heterocycles. The number of ether oxygens (including phenoxy) is 6. The largest absolute Gasteiger partial charge is 0.489 e. The molecule has 0 saturated carbocycles. The number of esters is 1. The molecular formula is C110H90N12O12. The number of tetrazole rings is 2. The van der Waals surface area contributed by atoms with Crippen molar-refractivity contribution in [2.75, 3.05) is 6.61 Å². The van der Waals surface area contributed by atoms with Gasteiger partial charge in [0.05, 0.1) is 62.4 Å². The van der Waals surface area contributed by atoms with Crippen molar-refractivity contribution in [3.63, 3.8) is 0 Å². The molecule has 19 aromatic rings. The summed E-state index contributed by atoms with van der Waals surface area (Å²) >= 11 is 0. The standard InChI is InChI=1S/C29H23NO6.C28H23N5O2.C28H25NO3.C25H19N5O/c1-2-33-29(32)28-16-26(31)24-13-12-23(15-27(24)36-28)34-17-19-6-5-8-22(14-19)35-18-21-11-10-20-7-3-4-9-25(20)30-21;34-27-21(14-18-4-3-6-22(15-18)28-30-32-33-31-28)9-8-19-11-13-24(16-25(19)27)35-17-23-12-10-20-5-1-2-7-26(20)29-23;30-28(31)23-6-3-4-19(15-23)14-20-8-9-21-11-13-26(17-24(21)16-20)32-18-25-12-10-22-5-1-2-7-27(22)29-25;1-2-7-24-20(5-1)12-13-22(26-24)17-31-23-14-10-18(11-15-23)8-9-19-4-3-6-21(16-19)25-27-29-30-28-25/h3-16H,2,17-18H2,1H3;1-7,10-13,15-16,21H,8-9,14,17H2,(H,30,31,32,33);1-7,10-13,15,17,20H,8-9,14,16,18H2,(H,30,31);1-16H,17H2,(H,27,28,29,30)/b;;;9-8+. The van der Waals surface area contributed by atoms with Crippen LogP contribution >= 0.6 is 0 Å². The summed E-state index contributed by atoms with van der Waals surface area (Å²) in [5.74, 6) is 3.61. The minimum Gasteiger partial charge on any atom is -0.489 e. The third-order valence-corrected chi connectivity index (χ3v) is 23.2. The van der Waals surface area contributed by atoms with Crippen LogP contribution in [0, 0.1) is 11.8 Å². The Morgan fingerprint density at radius 2 is 0.910 bits per heavy atom. The third kappa shape index (κ3) is 22.6. The monoisotopic (exact) mass is 1770 g/mol. The highest BCUT2D eigenvalue weighted by atomic mass is 16.5. The number of fused-ring (bicyclic) bond motifs is 7. The van der Waals surface area contributed by atoms with Gasteiger partial charge in [-0.05, 0) is 246 Å². The van der Waals surface area contributed by atoms with E-state index in [2.05, 4.69) is 122 Å². The maximum absolute atomic E-state index is 13.4. The molecule has 0 bridgehead atoms. The fraction of sp³-hybridized carbons (Fsp3) is 0.145. The molecule has 0 fully saturated rings. The molecule has 21 rings (SSSR count). The van der Waals surface area contributed by atoms with Gasteiger partial charge in [-0.15, -0.1) is 20.4 Å². The lowest BCUT2D eigenvalue weighted by molar-refractivity contribution is 0.0490. The Morgan fingerprint density at radius 3 is 1.50 bits per heavy atom. The molecule has 2 aliphatic carbocycles. The van der Waals surface area contributed by atoms with Gasteiger partial charge in [-0.3, -0.25) is 9.59 Å². The van der Waals surface area contributed by atoms with Crippen LogP contribution in [0.3, 0.4) is 0 Å². The number of nitrogens with zero attached hydrogens (tertiary/aromatic N) is 10. The first kappa shape index (κ1) is 87.7. The molecule has 24 heteroatoms. The van der Waals surface area contributed by atoms with Crippen LogP contribution in [0.25, 0.3) is 89.5 Å². The molecule has 2 aliphatic rings. The molecule has 2 unspecified atom stereocenters. The molecule has 12 aromatic carbocycles. The number of aryl methyl sites for hydroxylation is 2. The smallest absolute Gasteiger partial charge is 0.374 e. The van der Waals surface area contributed by atoms with Crippen molar-refractivity contribution in [2.45, 2.75) is 84.9 Å². The van der Waals surface area contributed by atoms with E-state index in [0.29, 0.717) is 78.6 Å². The van der Waals surface area contributed by atoms with E-state index >= 15 is 0 Å². The van der Waals surface area contributed by atoms with E-state index < -0.39 is 11.9 Å². The fourth-order valence-corrected chi connectivity index (χ4v) is 16.3. The summed E-state index contributed by atoms with van der Waals surface area (Å²) in [7, 11) is 0. The number of hydrogen-bond acceptors (Lipinski definition) is 21. The van der Waals surface area contributed by atoms with Crippen LogP contribution in [0.15, 0.2) is 337 Å². The second kappa shape index (κ2) is 42.0. The van der Waals surface area contributed by atoms with Gasteiger partial charge in [-0.1, -0.05) is 194 Å². The number of carboxylic acids is 1. The van der Waals surface area contributed by atoms with E-state index in [-0.39, 0.29) is 41.7 Å². The fourth-order valence-electron chi connectivity index (χ4n) is 16.3. The zero-order valence-electron chi connectivity index (χ0n) is 73.1. The third-order valence-electron chi connectivity index (χ3n) is 23.2. The van der Waals surface area contributed by atoms with Gasteiger partial charge in [0, 0.05) is 56.3 Å². The number of Topliss-reactive ketones (excluding diaryl/α,β-unsaturated/α-hetero) is 1. The van der Waals surface area contributed by atoms with Crippen LogP contribution in [0.5, 0.6) is 28.7 Å². The number of para-hydroxylation sites is 4. The first-order valence-electron chi connectivity index (χ1n) is 44.2. The number of ketones is 1. The summed E-state index contributed by atoms with van der Waals surface area (Å²) in [5, 5.41) is 42.4. The number of carbonyl (C=O) groups is 3. The minimum atomic E-state index is -0.872. The summed E-state index contributed by atoms with van der Waals surface area (Å²) in [5.41, 5.74) is 19.2. The van der Waals surface area contributed by atoms with E-state index in [1.54, 1.807) is 37.3 Å². The van der Waals surface area contributed by atoms with Gasteiger partial charge in [0.15, 0.2) is 11.2 Å². The topological polar surface area (TPSA) is 318 Å². The van der Waals surface area contributed by atoms with E-state index in [0.717, 1.165) is 173 Å². The number of nitrogens with one attached hydrogen (secondary N) is 2. The zero-order chi connectivity index (χ0) is 91.3. The number of benzene rings is 12. The Morgan fingerprint density at radius 1 is 0.418 bits per heavy atom. The highest BCUT2D eigenvalue weighted by Gasteiger charge is 2.29. The van der Waals surface area contributed by atoms with Gasteiger partial charge in [-0.25, -0.2) is 29.5 Å². The highest BCUT2D eigenvalue weighted by Crippen LogP contribution is 2.35. The van der Waals surface area contributed by atoms with Gasteiger partial charge < -0.3 is 37.9 Å². The number of aromatic carboxylic acids is 1. The van der Waals surface area contributed by atoms with Gasteiger partial charge in [0.25, 0.3) is 0 Å². The predicted octanol–water partition coefficient (Wildman–Crippen LogP) is 21.7. The van der Waals surface area contributed by atoms with Gasteiger partial charge in [-0.2, -0.15) is 10.4 Å². The normalized spacial score (nSPS) is 13.2. The molecule has 134 heavy (non-hydrogen) atoms. The van der Waals surface area contributed by atoms with Crippen molar-refractivity contribution in [3.05, 3.63) is 422 Å². The highest BCUT2D eigenvalue weighted by molar-refractivity contribution is 6.01. The molecule has 0 amide bonds. The second-order valence-corrected chi connectivity index (χ2v) is 32.5. The predicted molar refractivity (Wildman–Crippen MR) is 513 cm³/mol. The number of aromatic nitrogens is 12. The molecule has 0 saturated heterocycles. The van der Waals surface area contributed by atoms with Gasteiger partial charge in [0.2, 0.25) is 17.4 Å². The average Bonchev–Trinajstić information content (AvgIpc) is 0.837. The Balaban J connectivity index is 0.000000120. The quantitative estimate of drug-likeness (QED) is 0.0335. The van der Waals surface area contributed by atoms with Crippen LogP contribution in [-0.2, 0) is 69.9 Å². The number of rotatable bonds is 26. The molecule has 3 N–H and O–H groups in total. The van der Waals surface area contributed by atoms with Crippen LogP contribution in [0.1, 0.15) is 118 Å². The SMILES string of the molecule is C(=C\c1cccc(-c2nn[nH]n2)c1)/c1ccc(OCc2ccc3ccccc3n2)cc1.CCOC(=O)c1cc(=O)c2ccc(OCc3cccc(OCc4ccc5ccccc5n4)c3)cc2o1.O=C(O)c1cccc(CC2CCc3ccc(OCc4ccc5ccccc5n4)cc3C2)c1.O=C1c2cc(OCc3ccc4ccccc4n3)ccc2CCC1Cc1cccc(-c2nn[nH]n2)c1. The Bertz CT molecular complexity index is 7500. The molecule has 0 spiro atoms. The lowest BCUT2D eigenvalue weighted by Crippen LogP contribution is -2.24. The molecule has 7 heterocycles. The lowest BCUT2D eigenvalue weighted by atomic mass is 9.79. The maximum atomic E-state index is 13.4. The number of pyridine rings is 4. The van der Waals surface area contributed by atoms with Crippen LogP contribution in [0.2, 0.25) is 0 Å². The second-order valence-electron chi connectivity index (χ2n) is 32.5. The van der Waals surface area contributed by atoms with Gasteiger partial charge >= 0.3 is 11.9 Å². The van der Waals surface area contributed by atoms with E-state index in [1.165, 1.54) is 11.1 Å². The number of H-pyrrole nitrogens is 2. The first-order chi connectivity index (χ1) is 65.8. The zero-order valence-corrected chi connectivity index (χ0v) is 73.1. The molecular weight excluding hydrogens is 1680 g/mol. The van der Waals surface area contributed by atoms with Gasteiger partial charge in [0.1, 0.15) is 67.4 Å². The van der Waals surface area contributed by atoms with Crippen LogP contribution in [0.4, 0.5) is 0 Å². The van der Waals surface area contributed by atoms with Crippen LogP contribution in [-0.4, -0.2) is 90.6 Å². The van der Waals surface area contributed by atoms with Crippen molar-refractivity contribution in [1.82, 2.24) is 61.2 Å². The molecule has 662 valence electrons. The summed E-state index contributed by atoms with van der Waals surface area (Å²) in [6.07, 6.45) is 10.5. The number of carboxylic acid groups (broad SMARTS) is 1. The number of carbonyl (C=O) groups excluding carboxylic acids is 2. The Kier molecular flexibility index (Phi) is 27.5. The van der Waals surface area contributed by atoms with E-state index in [1.807, 2.05) is 243 Å². The van der Waals surface area contributed by atoms with Crippen molar-refractivity contribution >= 4 is 84.5 Å². The van der Waals surface area contributed by atoms with Crippen LogP contribution < -0.4 is 29.1 Å². The first-order valence-corrected chi connectivity index (χ1v) is 44.2. The lowest BCUT2D eigenvalue weighted by Gasteiger charge is -2.25. The van der Waals surface area contributed by atoms with Crippen molar-refractivity contribution in [1.29, 1.82) is 0 Å². The summed E-state index contributed by atoms with van der Waals surface area (Å²) in [6.45, 7) is 3.72. The van der Waals surface area contributed by atoms with Crippen molar-refractivity contribution in [2.24, 2.45) is 11.8 Å². The van der Waals surface area contributed by atoms with Crippen molar-refractivity contribution in [3.8, 4) is 51.5 Å². The molecule has 2 atom stereocenters. The summed E-state index contributed by atoms with van der Waals surface area (Å²) in [4.78, 5) is 67.6. The summed E-state index contributed by atoms with van der Waals surface area (Å²) < 4.78 is 40.4. The van der Waals surface area contributed by atoms with E-state index in [9.17, 15) is 24.3 Å². The molecule has 24 nitrogen and oxygen atoms in total. The van der Waals surface area contributed by atoms with Crippen molar-refractivity contribution < 1.29 is 52.3 Å².